The van der Waals surface area contributed by atoms with Crippen LogP contribution < -0.4 is 5.32 Å². The third-order valence-electron chi connectivity index (χ3n) is 4.33. The van der Waals surface area contributed by atoms with Gasteiger partial charge >= 0.3 is 0 Å². The first kappa shape index (κ1) is 19.7. The van der Waals surface area contributed by atoms with Gasteiger partial charge in [-0.1, -0.05) is 26.0 Å². The molecule has 5 nitrogen and oxygen atoms in total. The van der Waals surface area contributed by atoms with E-state index in [9.17, 15) is 10.1 Å². The van der Waals surface area contributed by atoms with Crippen molar-refractivity contribution in [2.24, 2.45) is 5.92 Å². The van der Waals surface area contributed by atoms with Gasteiger partial charge < -0.3 is 5.32 Å². The Morgan fingerprint density at radius 1 is 1.21 bits per heavy atom. The zero-order valence-electron chi connectivity index (χ0n) is 15.1. The number of nitriles is 2. The predicted octanol–water partition coefficient (Wildman–Crippen LogP) is 2.82. The third kappa shape index (κ3) is 5.37. The summed E-state index contributed by atoms with van der Waals surface area (Å²) in [5, 5.41) is 21.0. The molecule has 1 aromatic carbocycles. The van der Waals surface area contributed by atoms with Crippen LogP contribution in [0.2, 0.25) is 0 Å². The SMILES string of the molecule is CC(C)N(CC(=O)N[C@@](C)(C#N)C(C)C)Cc1ccc(C#N)cc1. The molecule has 128 valence electrons. The van der Waals surface area contributed by atoms with Crippen molar-refractivity contribution in [3.05, 3.63) is 35.4 Å². The summed E-state index contributed by atoms with van der Waals surface area (Å²) in [5.74, 6) is -0.132. The Balaban J connectivity index is 2.77. The van der Waals surface area contributed by atoms with Gasteiger partial charge in [0.25, 0.3) is 0 Å². The molecule has 0 fully saturated rings. The van der Waals surface area contributed by atoms with Crippen molar-refractivity contribution >= 4 is 5.91 Å². The Hall–Kier alpha value is -2.37. The maximum atomic E-state index is 12.4. The zero-order valence-corrected chi connectivity index (χ0v) is 15.1. The van der Waals surface area contributed by atoms with Crippen LogP contribution in [0, 0.1) is 28.6 Å². The van der Waals surface area contributed by atoms with Crippen molar-refractivity contribution in [2.45, 2.75) is 52.7 Å². The van der Waals surface area contributed by atoms with Gasteiger partial charge in [0.2, 0.25) is 5.91 Å². The van der Waals surface area contributed by atoms with E-state index in [1.54, 1.807) is 19.1 Å². The highest BCUT2D eigenvalue weighted by atomic mass is 16.2. The molecule has 1 amide bonds. The Morgan fingerprint density at radius 3 is 2.21 bits per heavy atom. The van der Waals surface area contributed by atoms with Crippen molar-refractivity contribution < 1.29 is 4.79 Å². The van der Waals surface area contributed by atoms with Crippen LogP contribution in [0.4, 0.5) is 0 Å². The lowest BCUT2D eigenvalue weighted by molar-refractivity contribution is -0.124. The van der Waals surface area contributed by atoms with Crippen LogP contribution >= 0.6 is 0 Å². The van der Waals surface area contributed by atoms with Crippen LogP contribution in [-0.2, 0) is 11.3 Å². The number of carbonyl (C=O) groups excluding carboxylic acids is 1. The minimum Gasteiger partial charge on any atom is -0.337 e. The fourth-order valence-corrected chi connectivity index (χ4v) is 2.16. The average Bonchev–Trinajstić information content (AvgIpc) is 2.54. The second-order valence-electron chi connectivity index (χ2n) is 6.82. The molecule has 0 unspecified atom stereocenters. The minimum atomic E-state index is -0.867. The lowest BCUT2D eigenvalue weighted by atomic mass is 9.90. The number of hydrogen-bond acceptors (Lipinski definition) is 4. The first-order chi connectivity index (χ1) is 11.2. The number of nitrogens with one attached hydrogen (secondary N) is 1. The lowest BCUT2D eigenvalue weighted by Crippen LogP contribution is -2.52. The van der Waals surface area contributed by atoms with E-state index in [1.807, 2.05) is 44.7 Å². The van der Waals surface area contributed by atoms with Crippen LogP contribution in [0.15, 0.2) is 24.3 Å². The topological polar surface area (TPSA) is 79.9 Å². The van der Waals surface area contributed by atoms with Gasteiger partial charge in [0, 0.05) is 12.6 Å². The summed E-state index contributed by atoms with van der Waals surface area (Å²) in [5.41, 5.74) is 0.797. The molecule has 0 heterocycles. The van der Waals surface area contributed by atoms with E-state index in [0.29, 0.717) is 12.1 Å². The van der Waals surface area contributed by atoms with Crippen LogP contribution in [0.1, 0.15) is 45.7 Å². The Morgan fingerprint density at radius 2 is 1.79 bits per heavy atom. The molecule has 0 aromatic heterocycles. The van der Waals surface area contributed by atoms with E-state index in [0.717, 1.165) is 5.56 Å². The van der Waals surface area contributed by atoms with Gasteiger partial charge in [0.1, 0.15) is 5.54 Å². The minimum absolute atomic E-state index is 0.0254. The molecule has 0 aliphatic rings. The number of amides is 1. The standard InChI is InChI=1S/C19H26N4O/c1-14(2)19(5,13-21)22-18(24)12-23(15(3)4)11-17-8-6-16(10-20)7-9-17/h6-9,14-15H,11-12H2,1-5H3,(H,22,24)/t19-/m0/s1. The van der Waals surface area contributed by atoms with Gasteiger partial charge in [-0.15, -0.1) is 0 Å². The van der Waals surface area contributed by atoms with Gasteiger partial charge in [0.05, 0.1) is 24.2 Å². The van der Waals surface area contributed by atoms with Gasteiger partial charge in [-0.05, 0) is 44.4 Å². The van der Waals surface area contributed by atoms with Crippen molar-refractivity contribution in [2.75, 3.05) is 6.54 Å². The number of nitrogens with zero attached hydrogens (tertiary/aromatic N) is 3. The fourth-order valence-electron chi connectivity index (χ4n) is 2.16. The zero-order chi connectivity index (χ0) is 18.3. The summed E-state index contributed by atoms with van der Waals surface area (Å²) >= 11 is 0. The molecule has 0 saturated heterocycles. The average molecular weight is 326 g/mol. The van der Waals surface area contributed by atoms with E-state index in [-0.39, 0.29) is 24.4 Å². The molecule has 0 saturated carbocycles. The molecule has 1 atom stereocenters. The summed E-state index contributed by atoms with van der Waals surface area (Å²) in [6.07, 6.45) is 0. The predicted molar refractivity (Wildman–Crippen MR) is 93.7 cm³/mol. The highest BCUT2D eigenvalue weighted by Crippen LogP contribution is 2.15. The van der Waals surface area contributed by atoms with Crippen molar-refractivity contribution in [3.8, 4) is 12.1 Å². The maximum absolute atomic E-state index is 12.4. The van der Waals surface area contributed by atoms with Crippen molar-refractivity contribution in [1.29, 1.82) is 10.5 Å². The normalized spacial score (nSPS) is 13.4. The number of benzene rings is 1. The number of carbonyl (C=O) groups is 1. The largest absolute Gasteiger partial charge is 0.337 e. The van der Waals surface area contributed by atoms with Crippen LogP contribution in [0.3, 0.4) is 0 Å². The lowest BCUT2D eigenvalue weighted by Gasteiger charge is -2.30. The van der Waals surface area contributed by atoms with E-state index in [4.69, 9.17) is 5.26 Å². The Bertz CT molecular complexity index is 637. The smallest absolute Gasteiger partial charge is 0.235 e. The fraction of sp³-hybridized carbons (Fsp3) is 0.526. The second kappa shape index (κ2) is 8.47. The monoisotopic (exact) mass is 326 g/mol. The summed E-state index contributed by atoms with van der Waals surface area (Å²) < 4.78 is 0. The number of rotatable bonds is 7. The van der Waals surface area contributed by atoms with Gasteiger partial charge in [-0.25, -0.2) is 0 Å². The molecular weight excluding hydrogens is 300 g/mol. The van der Waals surface area contributed by atoms with Crippen molar-refractivity contribution in [3.63, 3.8) is 0 Å². The third-order valence-corrected chi connectivity index (χ3v) is 4.33. The quantitative estimate of drug-likeness (QED) is 0.835. The van der Waals surface area contributed by atoms with E-state index >= 15 is 0 Å². The molecule has 0 bridgehead atoms. The van der Waals surface area contributed by atoms with Crippen molar-refractivity contribution in [1.82, 2.24) is 10.2 Å². The summed E-state index contributed by atoms with van der Waals surface area (Å²) in [6.45, 7) is 10.5. The van der Waals surface area contributed by atoms with E-state index in [2.05, 4.69) is 17.5 Å². The first-order valence-corrected chi connectivity index (χ1v) is 8.17. The molecule has 0 aliphatic carbocycles. The van der Waals surface area contributed by atoms with Crippen LogP contribution in [0.5, 0.6) is 0 Å². The molecule has 0 spiro atoms. The molecule has 24 heavy (non-hydrogen) atoms. The molecule has 1 aromatic rings. The molecule has 0 aliphatic heterocycles. The number of hydrogen-bond donors (Lipinski definition) is 1. The van der Waals surface area contributed by atoms with Crippen LogP contribution in [-0.4, -0.2) is 28.9 Å². The summed E-state index contributed by atoms with van der Waals surface area (Å²) in [6, 6.07) is 11.8. The molecule has 0 radical (unpaired) electrons. The molecule has 1 rings (SSSR count). The van der Waals surface area contributed by atoms with E-state index < -0.39 is 5.54 Å². The van der Waals surface area contributed by atoms with Gasteiger partial charge in [-0.2, -0.15) is 10.5 Å². The molecular formula is C19H26N4O. The highest BCUT2D eigenvalue weighted by molar-refractivity contribution is 5.79. The van der Waals surface area contributed by atoms with E-state index in [1.165, 1.54) is 0 Å². The maximum Gasteiger partial charge on any atom is 0.235 e. The highest BCUT2D eigenvalue weighted by Gasteiger charge is 2.30. The summed E-state index contributed by atoms with van der Waals surface area (Å²) in [7, 11) is 0. The summed E-state index contributed by atoms with van der Waals surface area (Å²) in [4.78, 5) is 14.4. The Kier molecular flexibility index (Phi) is 6.95. The van der Waals surface area contributed by atoms with Gasteiger partial charge in [-0.3, -0.25) is 9.69 Å². The molecule has 5 heteroatoms. The van der Waals surface area contributed by atoms with Gasteiger partial charge in [0.15, 0.2) is 0 Å². The van der Waals surface area contributed by atoms with Crippen LogP contribution in [0.25, 0.3) is 0 Å². The molecule has 1 N–H and O–H groups in total. The Labute approximate surface area is 144 Å². The first-order valence-electron chi connectivity index (χ1n) is 8.17. The second-order valence-corrected chi connectivity index (χ2v) is 6.82.